The summed E-state index contributed by atoms with van der Waals surface area (Å²) in [5.41, 5.74) is 0. The summed E-state index contributed by atoms with van der Waals surface area (Å²) in [5, 5.41) is 3.12. The molecule has 0 aromatic heterocycles. The van der Waals surface area contributed by atoms with Crippen molar-refractivity contribution in [2.45, 2.75) is 25.8 Å². The van der Waals surface area contributed by atoms with Gasteiger partial charge in [0.15, 0.2) is 5.75 Å². The van der Waals surface area contributed by atoms with Gasteiger partial charge in [0, 0.05) is 6.42 Å². The van der Waals surface area contributed by atoms with E-state index in [1.807, 2.05) is 0 Å². The zero-order valence-corrected chi connectivity index (χ0v) is 10.6. The Bertz CT molecular complexity index is 257. The van der Waals surface area contributed by atoms with Gasteiger partial charge in [-0.1, -0.05) is 35.1 Å². The number of hydrogen-bond donors (Lipinski definition) is 2. The van der Waals surface area contributed by atoms with Gasteiger partial charge in [-0.2, -0.15) is 4.55 Å². The summed E-state index contributed by atoms with van der Waals surface area (Å²) in [6.45, 7) is 2.10. The Hall–Kier alpha value is 0.350. The second-order valence-electron chi connectivity index (χ2n) is 3.41. The number of thioether (sulfide) groups is 1. The van der Waals surface area contributed by atoms with E-state index in [9.17, 15) is 8.76 Å². The van der Waals surface area contributed by atoms with Gasteiger partial charge in [0.05, 0.1) is 6.04 Å². The van der Waals surface area contributed by atoms with Crippen LogP contribution >= 0.6 is 24.0 Å². The fraction of sp³-hybridized carbons (Fsp3) is 0.875. The Kier molecular flexibility index (Phi) is 4.82. The number of rotatable bonds is 3. The molecular formula is C8H16NO2S3+. The minimum atomic E-state index is -2.54. The van der Waals surface area contributed by atoms with E-state index in [4.69, 9.17) is 12.2 Å². The number of nitrogens with one attached hydrogen (secondary N) is 1. The highest BCUT2D eigenvalue weighted by Gasteiger charge is 2.38. The summed E-state index contributed by atoms with van der Waals surface area (Å²) >= 11 is 6.72. The van der Waals surface area contributed by atoms with Crippen molar-refractivity contribution >= 4 is 38.5 Å². The third-order valence-electron chi connectivity index (χ3n) is 2.01. The lowest BCUT2D eigenvalue weighted by Crippen LogP contribution is -2.33. The SMILES string of the molecule is CCCSC(=S)N[C@@H]1CC[S+](=O)(O)C1. The molecule has 0 aromatic carbocycles. The van der Waals surface area contributed by atoms with Crippen LogP contribution in [0.25, 0.3) is 0 Å². The van der Waals surface area contributed by atoms with Gasteiger partial charge in [-0.05, 0) is 12.2 Å². The average Bonchev–Trinajstić information content (AvgIpc) is 2.42. The quantitative estimate of drug-likeness (QED) is 0.593. The Morgan fingerprint density at radius 2 is 2.50 bits per heavy atom. The van der Waals surface area contributed by atoms with Gasteiger partial charge >= 0.3 is 0 Å². The van der Waals surface area contributed by atoms with Crippen LogP contribution in [0.3, 0.4) is 0 Å². The molecule has 3 nitrogen and oxygen atoms in total. The molecule has 0 amide bonds. The van der Waals surface area contributed by atoms with Crippen LogP contribution in [-0.4, -0.2) is 32.2 Å². The van der Waals surface area contributed by atoms with Crippen LogP contribution in [0.15, 0.2) is 0 Å². The van der Waals surface area contributed by atoms with Gasteiger partial charge in [-0.15, -0.1) is 0 Å². The Balaban J connectivity index is 2.25. The highest BCUT2D eigenvalue weighted by molar-refractivity contribution is 8.22. The van der Waals surface area contributed by atoms with E-state index in [0.717, 1.165) is 22.9 Å². The molecule has 0 saturated carbocycles. The first-order valence-electron chi connectivity index (χ1n) is 4.69. The van der Waals surface area contributed by atoms with E-state index < -0.39 is 10.2 Å². The van der Waals surface area contributed by atoms with Crippen LogP contribution < -0.4 is 5.32 Å². The Labute approximate surface area is 95.7 Å². The lowest BCUT2D eigenvalue weighted by molar-refractivity contribution is 0.502. The molecule has 1 unspecified atom stereocenters. The molecule has 0 spiro atoms. The monoisotopic (exact) mass is 254 g/mol. The van der Waals surface area contributed by atoms with Crippen molar-refractivity contribution in [3.05, 3.63) is 0 Å². The van der Waals surface area contributed by atoms with Crippen molar-refractivity contribution in [3.63, 3.8) is 0 Å². The summed E-state index contributed by atoms with van der Waals surface area (Å²) in [4.78, 5) is 0. The van der Waals surface area contributed by atoms with E-state index >= 15 is 0 Å². The highest BCUT2D eigenvalue weighted by atomic mass is 32.3. The van der Waals surface area contributed by atoms with Crippen LogP contribution in [-0.2, 0) is 14.4 Å². The van der Waals surface area contributed by atoms with Gasteiger partial charge in [0.1, 0.15) is 10.1 Å². The first-order valence-corrected chi connectivity index (χ1v) is 7.93. The van der Waals surface area contributed by atoms with Crippen LogP contribution in [0.1, 0.15) is 19.8 Å². The van der Waals surface area contributed by atoms with Gasteiger partial charge in [-0.3, -0.25) is 0 Å². The van der Waals surface area contributed by atoms with Crippen LogP contribution in [0.5, 0.6) is 0 Å². The van der Waals surface area contributed by atoms with Crippen molar-refractivity contribution in [1.29, 1.82) is 0 Å². The van der Waals surface area contributed by atoms with E-state index in [1.165, 1.54) is 0 Å². The summed E-state index contributed by atoms with van der Waals surface area (Å²) < 4.78 is 21.3. The summed E-state index contributed by atoms with van der Waals surface area (Å²) in [7, 11) is -2.54. The average molecular weight is 254 g/mol. The second kappa shape index (κ2) is 5.44. The zero-order valence-electron chi connectivity index (χ0n) is 8.19. The maximum absolute atomic E-state index is 11.3. The molecule has 1 aliphatic rings. The van der Waals surface area contributed by atoms with Crippen molar-refractivity contribution in [3.8, 4) is 0 Å². The summed E-state index contributed by atoms with van der Waals surface area (Å²) in [6, 6.07) is 0.101. The zero-order chi connectivity index (χ0) is 10.6. The summed E-state index contributed by atoms with van der Waals surface area (Å²) in [6.07, 6.45) is 1.84. The Morgan fingerprint density at radius 3 is 3.00 bits per heavy atom. The molecule has 0 aliphatic carbocycles. The number of thiocarbonyl (C=S) groups is 1. The first-order chi connectivity index (χ1) is 6.53. The molecule has 82 valence electrons. The third-order valence-corrected chi connectivity index (χ3v) is 5.27. The van der Waals surface area contributed by atoms with E-state index in [0.29, 0.717) is 11.5 Å². The molecule has 1 fully saturated rings. The lowest BCUT2D eigenvalue weighted by Gasteiger charge is -2.10. The molecule has 0 radical (unpaired) electrons. The van der Waals surface area contributed by atoms with E-state index in [2.05, 4.69) is 12.2 Å². The summed E-state index contributed by atoms with van der Waals surface area (Å²) in [5.74, 6) is 1.76. The molecule has 1 aliphatic heterocycles. The number of hydrogen-bond acceptors (Lipinski definition) is 3. The van der Waals surface area contributed by atoms with Crippen molar-refractivity contribution in [1.82, 2.24) is 5.32 Å². The molecule has 0 aromatic rings. The second-order valence-corrected chi connectivity index (χ2v) is 7.47. The maximum atomic E-state index is 11.3. The van der Waals surface area contributed by atoms with Crippen LogP contribution in [0.2, 0.25) is 0 Å². The predicted molar refractivity (Wildman–Crippen MR) is 67.3 cm³/mol. The van der Waals surface area contributed by atoms with Gasteiger partial charge in [0.2, 0.25) is 10.2 Å². The third kappa shape index (κ3) is 4.25. The molecule has 2 atom stereocenters. The van der Waals surface area contributed by atoms with E-state index in [1.54, 1.807) is 11.8 Å². The fourth-order valence-corrected chi connectivity index (χ4v) is 4.08. The van der Waals surface area contributed by atoms with Gasteiger partial charge in [0.25, 0.3) is 0 Å². The molecule has 1 heterocycles. The predicted octanol–water partition coefficient (Wildman–Crippen LogP) is 1.75. The van der Waals surface area contributed by atoms with Gasteiger partial charge in [-0.25, -0.2) is 0 Å². The standard InChI is InChI=1S/C8H15NO2S3/c1-2-4-13-8(12)9-7-3-5-14(10,11)6-7/h7H,2-6H2,1H3,(H-,9,10,11,12)/p+1/t7-/m1/s1. The molecule has 2 N–H and O–H groups in total. The molecule has 1 saturated heterocycles. The minimum absolute atomic E-state index is 0.101. The lowest BCUT2D eigenvalue weighted by atomic mass is 10.3. The smallest absolute Gasteiger partial charge is 0.216 e. The highest BCUT2D eigenvalue weighted by Crippen LogP contribution is 2.17. The van der Waals surface area contributed by atoms with E-state index in [-0.39, 0.29) is 6.04 Å². The minimum Gasteiger partial charge on any atom is -0.363 e. The molecular weight excluding hydrogens is 238 g/mol. The molecule has 6 heteroatoms. The topological polar surface area (TPSA) is 49.3 Å². The fourth-order valence-electron chi connectivity index (χ4n) is 1.32. The molecule has 0 bridgehead atoms. The molecule has 14 heavy (non-hydrogen) atoms. The maximum Gasteiger partial charge on any atom is 0.216 e. The van der Waals surface area contributed by atoms with Gasteiger partial charge < -0.3 is 5.32 Å². The van der Waals surface area contributed by atoms with Crippen molar-refractivity contribution < 1.29 is 8.76 Å². The normalized spacial score (nSPS) is 31.7. The largest absolute Gasteiger partial charge is 0.363 e. The van der Waals surface area contributed by atoms with Crippen molar-refractivity contribution in [2.24, 2.45) is 0 Å². The first kappa shape index (κ1) is 12.4. The van der Waals surface area contributed by atoms with Crippen LogP contribution in [0.4, 0.5) is 0 Å². The van der Waals surface area contributed by atoms with Crippen molar-refractivity contribution in [2.75, 3.05) is 17.3 Å². The van der Waals surface area contributed by atoms with Crippen LogP contribution in [0, 0.1) is 0 Å². The Morgan fingerprint density at radius 1 is 1.79 bits per heavy atom. The molecule has 1 rings (SSSR count).